The minimum Gasteiger partial charge on any atom is -0.508 e. The highest BCUT2D eigenvalue weighted by Gasteiger charge is 2.22. The predicted molar refractivity (Wildman–Crippen MR) is 52.1 cm³/mol. The Hall–Kier alpha value is -1.26. The highest BCUT2D eigenvalue weighted by molar-refractivity contribution is 6.31. The quantitative estimate of drug-likeness (QED) is 0.728. The van der Waals surface area contributed by atoms with E-state index in [0.29, 0.717) is 0 Å². The second-order valence-corrected chi connectivity index (χ2v) is 3.08. The average molecular weight is 216 g/mol. The molecule has 5 heteroatoms. The standard InChI is InChI=1S/C9H10ClNO3/c1-14-9(13)8(11)7-5(10)3-2-4-6(7)12/h2-4,8,12H,11H2,1H3. The van der Waals surface area contributed by atoms with Crippen molar-refractivity contribution in [1.29, 1.82) is 0 Å². The maximum atomic E-state index is 11.1. The summed E-state index contributed by atoms with van der Waals surface area (Å²) in [6.45, 7) is 0. The second-order valence-electron chi connectivity index (χ2n) is 2.67. The van der Waals surface area contributed by atoms with Gasteiger partial charge in [0, 0.05) is 10.6 Å². The molecule has 14 heavy (non-hydrogen) atoms. The third-order valence-electron chi connectivity index (χ3n) is 1.80. The fraction of sp³-hybridized carbons (Fsp3) is 0.222. The number of phenols is 1. The number of hydrogen-bond acceptors (Lipinski definition) is 4. The van der Waals surface area contributed by atoms with Crippen LogP contribution < -0.4 is 5.73 Å². The van der Waals surface area contributed by atoms with E-state index in [-0.39, 0.29) is 16.3 Å². The zero-order chi connectivity index (χ0) is 10.7. The molecule has 4 nitrogen and oxygen atoms in total. The van der Waals surface area contributed by atoms with E-state index in [2.05, 4.69) is 4.74 Å². The molecule has 1 atom stereocenters. The molecule has 0 amide bonds. The van der Waals surface area contributed by atoms with Crippen molar-refractivity contribution in [3.63, 3.8) is 0 Å². The molecule has 1 aromatic rings. The van der Waals surface area contributed by atoms with E-state index in [0.717, 1.165) is 0 Å². The van der Waals surface area contributed by atoms with Crippen LogP contribution in [0.2, 0.25) is 5.02 Å². The van der Waals surface area contributed by atoms with Gasteiger partial charge in [-0.1, -0.05) is 17.7 Å². The molecule has 0 aliphatic carbocycles. The number of aromatic hydroxyl groups is 1. The van der Waals surface area contributed by atoms with Crippen LogP contribution in [0.15, 0.2) is 18.2 Å². The summed E-state index contributed by atoms with van der Waals surface area (Å²) >= 11 is 5.78. The van der Waals surface area contributed by atoms with E-state index in [4.69, 9.17) is 17.3 Å². The third-order valence-corrected chi connectivity index (χ3v) is 2.13. The molecule has 1 rings (SSSR count). The van der Waals surface area contributed by atoms with Gasteiger partial charge < -0.3 is 15.6 Å². The Kier molecular flexibility index (Phi) is 3.33. The molecule has 0 saturated heterocycles. The lowest BCUT2D eigenvalue weighted by molar-refractivity contribution is -0.142. The Morgan fingerprint density at radius 3 is 2.79 bits per heavy atom. The summed E-state index contributed by atoms with van der Waals surface area (Å²) in [7, 11) is 1.22. The van der Waals surface area contributed by atoms with Crippen molar-refractivity contribution in [2.45, 2.75) is 6.04 Å². The molecule has 1 unspecified atom stereocenters. The third kappa shape index (κ3) is 1.97. The number of carbonyl (C=O) groups excluding carboxylic acids is 1. The minimum atomic E-state index is -1.06. The summed E-state index contributed by atoms with van der Waals surface area (Å²) in [4.78, 5) is 11.1. The van der Waals surface area contributed by atoms with Gasteiger partial charge in [-0.3, -0.25) is 4.79 Å². The Labute approximate surface area is 86.2 Å². The molecule has 3 N–H and O–H groups in total. The number of ether oxygens (including phenoxy) is 1. The molecule has 76 valence electrons. The van der Waals surface area contributed by atoms with Gasteiger partial charge in [-0.25, -0.2) is 0 Å². The smallest absolute Gasteiger partial charge is 0.327 e. The molecule has 0 fully saturated rings. The van der Waals surface area contributed by atoms with Crippen molar-refractivity contribution in [1.82, 2.24) is 0 Å². The number of rotatable bonds is 2. The Morgan fingerprint density at radius 1 is 1.64 bits per heavy atom. The summed E-state index contributed by atoms with van der Waals surface area (Å²) in [5.41, 5.74) is 5.71. The summed E-state index contributed by atoms with van der Waals surface area (Å²) in [5.74, 6) is -0.760. The van der Waals surface area contributed by atoms with Crippen LogP contribution in [0.3, 0.4) is 0 Å². The number of hydrogen-bond donors (Lipinski definition) is 2. The van der Waals surface area contributed by atoms with Crippen molar-refractivity contribution in [3.8, 4) is 5.75 Å². The fourth-order valence-electron chi connectivity index (χ4n) is 1.08. The average Bonchev–Trinajstić information content (AvgIpc) is 2.16. The first-order chi connectivity index (χ1) is 6.57. The number of halogens is 1. The van der Waals surface area contributed by atoms with Gasteiger partial charge in [0.1, 0.15) is 11.8 Å². The predicted octanol–water partition coefficient (Wildman–Crippen LogP) is 1.22. The molecule has 0 bridgehead atoms. The summed E-state index contributed by atoms with van der Waals surface area (Å²) in [6, 6.07) is 3.45. The van der Waals surface area contributed by atoms with Crippen LogP contribution in [0, 0.1) is 0 Å². The van der Waals surface area contributed by atoms with Crippen molar-refractivity contribution in [2.75, 3.05) is 7.11 Å². The lowest BCUT2D eigenvalue weighted by Gasteiger charge is -2.12. The van der Waals surface area contributed by atoms with E-state index < -0.39 is 12.0 Å². The molecular weight excluding hydrogens is 206 g/mol. The fourth-order valence-corrected chi connectivity index (χ4v) is 1.37. The molecule has 0 radical (unpaired) electrons. The van der Waals surface area contributed by atoms with Crippen LogP contribution >= 0.6 is 11.6 Å². The molecule has 0 spiro atoms. The number of carbonyl (C=O) groups is 1. The normalized spacial score (nSPS) is 12.2. The van der Waals surface area contributed by atoms with Crippen LogP contribution in [-0.2, 0) is 9.53 Å². The van der Waals surface area contributed by atoms with E-state index in [9.17, 15) is 9.90 Å². The number of methoxy groups -OCH3 is 1. The molecule has 1 aromatic carbocycles. The molecule has 0 heterocycles. The number of phenolic OH excluding ortho intramolecular Hbond substituents is 1. The molecule has 0 aliphatic heterocycles. The first kappa shape index (κ1) is 10.8. The molecule has 0 aromatic heterocycles. The van der Waals surface area contributed by atoms with Crippen molar-refractivity contribution in [3.05, 3.63) is 28.8 Å². The van der Waals surface area contributed by atoms with Crippen molar-refractivity contribution in [2.24, 2.45) is 5.73 Å². The lowest BCUT2D eigenvalue weighted by atomic mass is 10.1. The first-order valence-electron chi connectivity index (χ1n) is 3.88. The summed E-state index contributed by atoms with van der Waals surface area (Å²) < 4.78 is 4.44. The molecule has 0 saturated carbocycles. The van der Waals surface area contributed by atoms with Gasteiger partial charge in [-0.05, 0) is 12.1 Å². The van der Waals surface area contributed by atoms with E-state index in [1.807, 2.05) is 0 Å². The summed E-state index contributed by atoms with van der Waals surface area (Å²) in [5, 5.41) is 9.67. The van der Waals surface area contributed by atoms with Crippen LogP contribution in [0.4, 0.5) is 0 Å². The largest absolute Gasteiger partial charge is 0.508 e. The van der Waals surface area contributed by atoms with Crippen LogP contribution in [-0.4, -0.2) is 18.2 Å². The van der Waals surface area contributed by atoms with Crippen LogP contribution in [0.1, 0.15) is 11.6 Å². The van der Waals surface area contributed by atoms with Crippen LogP contribution in [0.5, 0.6) is 5.75 Å². The molecular formula is C9H10ClNO3. The van der Waals surface area contributed by atoms with Crippen LogP contribution in [0.25, 0.3) is 0 Å². The van der Waals surface area contributed by atoms with E-state index in [1.165, 1.54) is 13.2 Å². The lowest BCUT2D eigenvalue weighted by Crippen LogP contribution is -2.23. The van der Waals surface area contributed by atoms with Gasteiger partial charge in [0.2, 0.25) is 0 Å². The monoisotopic (exact) mass is 215 g/mol. The van der Waals surface area contributed by atoms with Gasteiger partial charge in [0.25, 0.3) is 0 Å². The number of esters is 1. The number of nitrogens with two attached hydrogens (primary N) is 1. The maximum absolute atomic E-state index is 11.1. The number of benzene rings is 1. The van der Waals surface area contributed by atoms with Gasteiger partial charge in [-0.15, -0.1) is 0 Å². The molecule has 0 aliphatic rings. The zero-order valence-electron chi connectivity index (χ0n) is 7.53. The van der Waals surface area contributed by atoms with Crippen molar-refractivity contribution < 1.29 is 14.6 Å². The van der Waals surface area contributed by atoms with Gasteiger partial charge in [-0.2, -0.15) is 0 Å². The highest BCUT2D eigenvalue weighted by Crippen LogP contribution is 2.30. The maximum Gasteiger partial charge on any atom is 0.327 e. The minimum absolute atomic E-state index is 0.115. The summed E-state index contributed by atoms with van der Waals surface area (Å²) in [6.07, 6.45) is 0. The van der Waals surface area contributed by atoms with Gasteiger partial charge in [0.15, 0.2) is 0 Å². The SMILES string of the molecule is COC(=O)C(N)c1c(O)cccc1Cl. The zero-order valence-corrected chi connectivity index (χ0v) is 8.28. The highest BCUT2D eigenvalue weighted by atomic mass is 35.5. The second kappa shape index (κ2) is 4.30. The van der Waals surface area contributed by atoms with Gasteiger partial charge in [0.05, 0.1) is 7.11 Å². The Bertz CT molecular complexity index is 334. The van der Waals surface area contributed by atoms with E-state index in [1.54, 1.807) is 12.1 Å². The topological polar surface area (TPSA) is 72.5 Å². The Morgan fingerprint density at radius 2 is 2.29 bits per heavy atom. The first-order valence-corrected chi connectivity index (χ1v) is 4.26. The van der Waals surface area contributed by atoms with E-state index >= 15 is 0 Å². The van der Waals surface area contributed by atoms with Gasteiger partial charge >= 0.3 is 5.97 Å². The van der Waals surface area contributed by atoms with Crippen molar-refractivity contribution >= 4 is 17.6 Å². The Balaban J connectivity index is 3.11.